The molecule has 0 heterocycles. The Kier molecular flexibility index (Phi) is 5.74. The van der Waals surface area contributed by atoms with Crippen molar-refractivity contribution in [2.45, 2.75) is 18.9 Å². The quantitative estimate of drug-likeness (QED) is 0.650. The summed E-state index contributed by atoms with van der Waals surface area (Å²) < 4.78 is 0.694. The first-order valence-corrected chi connectivity index (χ1v) is 6.49. The van der Waals surface area contributed by atoms with Crippen molar-refractivity contribution in [2.24, 2.45) is 0 Å². The van der Waals surface area contributed by atoms with Crippen LogP contribution in [0.1, 0.15) is 23.2 Å². The van der Waals surface area contributed by atoms with Gasteiger partial charge in [-0.2, -0.15) is 0 Å². The van der Waals surface area contributed by atoms with Crippen molar-refractivity contribution in [1.29, 1.82) is 0 Å². The summed E-state index contributed by atoms with van der Waals surface area (Å²) in [6.45, 7) is 0. The number of nitrogens with one attached hydrogen (secondary N) is 1. The van der Waals surface area contributed by atoms with Crippen LogP contribution in [0.5, 0.6) is 0 Å². The lowest BCUT2D eigenvalue weighted by molar-refractivity contribution is -0.140. The van der Waals surface area contributed by atoms with Crippen LogP contribution in [0.15, 0.2) is 24.3 Å². The average molecular weight is 377 g/mol. The minimum atomic E-state index is -1.25. The molecule has 7 heteroatoms. The van der Waals surface area contributed by atoms with Crippen LogP contribution in [0, 0.1) is 3.57 Å². The fraction of sp³-hybridized carbons (Fsp3) is 0.250. The topological polar surface area (TPSA) is 104 Å². The summed E-state index contributed by atoms with van der Waals surface area (Å²) in [6.07, 6.45) is -0.469. The van der Waals surface area contributed by atoms with Crippen LogP contribution < -0.4 is 5.32 Å². The van der Waals surface area contributed by atoms with E-state index in [4.69, 9.17) is 10.2 Å². The molecule has 3 N–H and O–H groups in total. The second-order valence-corrected chi connectivity index (χ2v) is 4.94. The highest BCUT2D eigenvalue weighted by molar-refractivity contribution is 14.1. The summed E-state index contributed by atoms with van der Waals surface area (Å²) in [5.74, 6) is -2.88. The van der Waals surface area contributed by atoms with Gasteiger partial charge in [0, 0.05) is 9.99 Å². The molecule has 102 valence electrons. The number of carbonyl (C=O) groups excluding carboxylic acids is 1. The SMILES string of the molecule is O=C(O)CCC(NC(=O)c1ccccc1I)C(=O)O. The summed E-state index contributed by atoms with van der Waals surface area (Å²) in [6, 6.07) is 5.52. The number of amides is 1. The van der Waals surface area contributed by atoms with Gasteiger partial charge >= 0.3 is 11.9 Å². The van der Waals surface area contributed by atoms with E-state index in [-0.39, 0.29) is 12.8 Å². The van der Waals surface area contributed by atoms with E-state index < -0.39 is 23.9 Å². The third-order valence-corrected chi connectivity index (χ3v) is 3.31. The fourth-order valence-corrected chi connectivity index (χ4v) is 2.04. The van der Waals surface area contributed by atoms with E-state index in [9.17, 15) is 14.4 Å². The summed E-state index contributed by atoms with van der Waals surface area (Å²) in [7, 11) is 0. The highest BCUT2D eigenvalue weighted by atomic mass is 127. The Morgan fingerprint density at radius 2 is 1.84 bits per heavy atom. The molecule has 0 aliphatic carbocycles. The molecule has 0 radical (unpaired) electrons. The largest absolute Gasteiger partial charge is 0.481 e. The van der Waals surface area contributed by atoms with Crippen LogP contribution in [0.25, 0.3) is 0 Å². The van der Waals surface area contributed by atoms with E-state index in [1.165, 1.54) is 0 Å². The number of benzene rings is 1. The molecular weight excluding hydrogens is 365 g/mol. The molecule has 1 rings (SSSR count). The molecule has 0 aliphatic rings. The number of carbonyl (C=O) groups is 3. The zero-order chi connectivity index (χ0) is 14.4. The van der Waals surface area contributed by atoms with Crippen molar-refractivity contribution >= 4 is 40.4 Å². The Morgan fingerprint density at radius 1 is 1.21 bits per heavy atom. The van der Waals surface area contributed by atoms with Crippen molar-refractivity contribution in [2.75, 3.05) is 0 Å². The first-order chi connectivity index (χ1) is 8.91. The van der Waals surface area contributed by atoms with Crippen LogP contribution >= 0.6 is 22.6 Å². The number of halogens is 1. The van der Waals surface area contributed by atoms with Gasteiger partial charge in [-0.15, -0.1) is 0 Å². The number of aliphatic carboxylic acids is 2. The Labute approximate surface area is 123 Å². The van der Waals surface area contributed by atoms with Crippen molar-refractivity contribution in [3.63, 3.8) is 0 Å². The molecule has 0 spiro atoms. The molecule has 1 unspecified atom stereocenters. The molecule has 0 saturated heterocycles. The highest BCUT2D eigenvalue weighted by Gasteiger charge is 2.22. The van der Waals surface area contributed by atoms with E-state index in [1.807, 2.05) is 22.6 Å². The van der Waals surface area contributed by atoms with E-state index in [2.05, 4.69) is 5.32 Å². The molecule has 1 amide bonds. The molecule has 0 saturated carbocycles. The van der Waals surface area contributed by atoms with Gasteiger partial charge in [-0.25, -0.2) is 4.79 Å². The summed E-state index contributed by atoms with van der Waals surface area (Å²) >= 11 is 1.97. The second-order valence-electron chi connectivity index (χ2n) is 3.78. The minimum Gasteiger partial charge on any atom is -0.481 e. The molecule has 1 aromatic rings. The van der Waals surface area contributed by atoms with Crippen LogP contribution in [0.4, 0.5) is 0 Å². The first-order valence-electron chi connectivity index (χ1n) is 5.42. The third kappa shape index (κ3) is 4.86. The van der Waals surface area contributed by atoms with Crippen LogP contribution in [0.2, 0.25) is 0 Å². The molecule has 0 aromatic heterocycles. The highest BCUT2D eigenvalue weighted by Crippen LogP contribution is 2.12. The Bertz CT molecular complexity index is 503. The van der Waals surface area contributed by atoms with E-state index in [0.29, 0.717) is 9.13 Å². The van der Waals surface area contributed by atoms with Gasteiger partial charge in [-0.3, -0.25) is 9.59 Å². The lowest BCUT2D eigenvalue weighted by atomic mass is 10.1. The van der Waals surface area contributed by atoms with Gasteiger partial charge in [0.25, 0.3) is 5.91 Å². The van der Waals surface area contributed by atoms with Crippen LogP contribution in [-0.4, -0.2) is 34.1 Å². The monoisotopic (exact) mass is 377 g/mol. The predicted molar refractivity (Wildman–Crippen MR) is 74.9 cm³/mol. The van der Waals surface area contributed by atoms with Crippen LogP contribution in [-0.2, 0) is 9.59 Å². The summed E-state index contributed by atoms with van der Waals surface area (Å²) in [5.41, 5.74) is 0.365. The predicted octanol–water partition coefficient (Wildman–Crippen LogP) is 1.34. The average Bonchev–Trinajstić information content (AvgIpc) is 2.34. The maximum Gasteiger partial charge on any atom is 0.326 e. The molecule has 0 bridgehead atoms. The molecule has 0 aliphatic heterocycles. The number of hydrogen-bond donors (Lipinski definition) is 3. The van der Waals surface area contributed by atoms with Crippen molar-refractivity contribution < 1.29 is 24.6 Å². The number of rotatable bonds is 6. The van der Waals surface area contributed by atoms with Crippen LogP contribution in [0.3, 0.4) is 0 Å². The van der Waals surface area contributed by atoms with Gasteiger partial charge in [-0.1, -0.05) is 12.1 Å². The van der Waals surface area contributed by atoms with Gasteiger partial charge in [0.05, 0.1) is 5.56 Å². The Balaban J connectivity index is 2.74. The molecule has 19 heavy (non-hydrogen) atoms. The zero-order valence-corrected chi connectivity index (χ0v) is 12.0. The van der Waals surface area contributed by atoms with Gasteiger partial charge in [-0.05, 0) is 41.1 Å². The van der Waals surface area contributed by atoms with Crippen molar-refractivity contribution in [1.82, 2.24) is 5.32 Å². The van der Waals surface area contributed by atoms with E-state index >= 15 is 0 Å². The number of hydrogen-bond acceptors (Lipinski definition) is 3. The van der Waals surface area contributed by atoms with E-state index in [1.54, 1.807) is 24.3 Å². The normalized spacial score (nSPS) is 11.6. The van der Waals surface area contributed by atoms with Gasteiger partial charge in [0.2, 0.25) is 0 Å². The molecule has 1 aromatic carbocycles. The minimum absolute atomic E-state index is 0.153. The van der Waals surface area contributed by atoms with Gasteiger partial charge in [0.15, 0.2) is 0 Å². The van der Waals surface area contributed by atoms with Gasteiger partial charge in [0.1, 0.15) is 6.04 Å². The fourth-order valence-electron chi connectivity index (χ4n) is 1.41. The first kappa shape index (κ1) is 15.4. The smallest absolute Gasteiger partial charge is 0.326 e. The standard InChI is InChI=1S/C12H12INO5/c13-8-4-2-1-3-7(8)11(17)14-9(12(18)19)5-6-10(15)16/h1-4,9H,5-6H2,(H,14,17)(H,15,16)(H,18,19). The molecule has 1 atom stereocenters. The lowest BCUT2D eigenvalue weighted by Crippen LogP contribution is -2.41. The molecule has 6 nitrogen and oxygen atoms in total. The lowest BCUT2D eigenvalue weighted by Gasteiger charge is -2.14. The second kappa shape index (κ2) is 7.07. The summed E-state index contributed by atoms with van der Waals surface area (Å²) in [4.78, 5) is 33.3. The Hall–Kier alpha value is -1.64. The maximum atomic E-state index is 11.9. The van der Waals surface area contributed by atoms with Crippen molar-refractivity contribution in [3.05, 3.63) is 33.4 Å². The third-order valence-electron chi connectivity index (χ3n) is 2.37. The summed E-state index contributed by atoms with van der Waals surface area (Å²) in [5, 5.41) is 19.8. The van der Waals surface area contributed by atoms with Crippen molar-refractivity contribution in [3.8, 4) is 0 Å². The van der Waals surface area contributed by atoms with Gasteiger partial charge < -0.3 is 15.5 Å². The Morgan fingerprint density at radius 3 is 2.37 bits per heavy atom. The number of carboxylic acid groups (broad SMARTS) is 2. The zero-order valence-electron chi connectivity index (χ0n) is 9.80. The van der Waals surface area contributed by atoms with E-state index in [0.717, 1.165) is 0 Å². The number of carboxylic acids is 2. The molecular formula is C12H12INO5. The molecule has 0 fully saturated rings. The maximum absolute atomic E-state index is 11.9.